The topological polar surface area (TPSA) is 0 Å². The SMILES string of the molecule is [Cl][Ti][Cl].[c-]1cccc2c1Cc1ccccc1-2. The molecule has 0 unspecified atom stereocenters. The first-order valence-corrected chi connectivity index (χ1v) is 9.20. The molecule has 3 rings (SSSR count). The van der Waals surface area contributed by atoms with Gasteiger partial charge in [-0.25, -0.2) is 0 Å². The normalized spacial score (nSPS) is 10.9. The second kappa shape index (κ2) is 5.88. The van der Waals surface area contributed by atoms with Crippen LogP contribution in [0.15, 0.2) is 42.5 Å². The third-order valence-corrected chi connectivity index (χ3v) is 2.62. The molecule has 0 fully saturated rings. The maximum Gasteiger partial charge on any atom is -0.0253 e. The Labute approximate surface area is 112 Å². The summed E-state index contributed by atoms with van der Waals surface area (Å²) in [7, 11) is 9.78. The molecule has 0 atom stereocenters. The molecule has 0 bridgehead atoms. The van der Waals surface area contributed by atoms with E-state index in [2.05, 4.69) is 42.5 Å². The third kappa shape index (κ3) is 2.52. The van der Waals surface area contributed by atoms with Gasteiger partial charge < -0.3 is 0 Å². The van der Waals surface area contributed by atoms with E-state index in [-0.39, 0.29) is 0 Å². The van der Waals surface area contributed by atoms with Crippen molar-refractivity contribution in [2.24, 2.45) is 0 Å². The minimum atomic E-state index is -0.556. The van der Waals surface area contributed by atoms with Crippen molar-refractivity contribution in [2.75, 3.05) is 0 Å². The van der Waals surface area contributed by atoms with Gasteiger partial charge in [0.25, 0.3) is 0 Å². The molecule has 2 aromatic carbocycles. The maximum absolute atomic E-state index is 4.89. The van der Waals surface area contributed by atoms with Gasteiger partial charge in [-0.15, -0.1) is 5.56 Å². The molecule has 1 aliphatic carbocycles. The zero-order valence-electron chi connectivity index (χ0n) is 8.50. The molecule has 0 aliphatic heterocycles. The van der Waals surface area contributed by atoms with E-state index in [1.54, 1.807) is 0 Å². The van der Waals surface area contributed by atoms with Crippen LogP contribution in [0.4, 0.5) is 0 Å². The van der Waals surface area contributed by atoms with Crippen LogP contribution >= 0.6 is 18.6 Å². The van der Waals surface area contributed by atoms with Gasteiger partial charge in [-0.3, -0.25) is 0 Å². The fourth-order valence-electron chi connectivity index (χ4n) is 2.00. The van der Waals surface area contributed by atoms with E-state index in [4.69, 9.17) is 18.6 Å². The van der Waals surface area contributed by atoms with Crippen LogP contribution in [0.5, 0.6) is 0 Å². The molecule has 0 saturated carbocycles. The van der Waals surface area contributed by atoms with Crippen LogP contribution in [0, 0.1) is 6.07 Å². The van der Waals surface area contributed by atoms with E-state index in [9.17, 15) is 0 Å². The number of fused-ring (bicyclic) bond motifs is 3. The second-order valence-electron chi connectivity index (χ2n) is 3.47. The van der Waals surface area contributed by atoms with Crippen LogP contribution < -0.4 is 0 Å². The molecule has 0 N–H and O–H groups in total. The van der Waals surface area contributed by atoms with Crippen molar-refractivity contribution < 1.29 is 17.0 Å². The van der Waals surface area contributed by atoms with Gasteiger partial charge in [0.15, 0.2) is 0 Å². The van der Waals surface area contributed by atoms with Crippen LogP contribution in [0.1, 0.15) is 11.1 Å². The average molecular weight is 284 g/mol. The maximum atomic E-state index is 4.89. The largest absolute Gasteiger partial charge is 0.179 e. The number of hydrogen-bond acceptors (Lipinski definition) is 0. The Kier molecular flexibility index (Phi) is 4.49. The first-order chi connectivity index (χ1) is 7.86. The summed E-state index contributed by atoms with van der Waals surface area (Å²) in [6.07, 6.45) is 1.05. The van der Waals surface area contributed by atoms with E-state index in [1.807, 2.05) is 6.07 Å². The molecule has 80 valence electrons. The van der Waals surface area contributed by atoms with Crippen molar-refractivity contribution >= 4 is 18.6 Å². The summed E-state index contributed by atoms with van der Waals surface area (Å²) in [5.74, 6) is 0. The van der Waals surface area contributed by atoms with E-state index in [0.717, 1.165) is 6.42 Å². The van der Waals surface area contributed by atoms with Crippen molar-refractivity contribution in [1.82, 2.24) is 0 Å². The molecule has 0 amide bonds. The van der Waals surface area contributed by atoms with Gasteiger partial charge in [0.1, 0.15) is 0 Å². The molecular formula is C13H9Cl2Ti-. The molecule has 16 heavy (non-hydrogen) atoms. The number of halogens is 2. The summed E-state index contributed by atoms with van der Waals surface area (Å²) >= 11 is -0.556. The van der Waals surface area contributed by atoms with Gasteiger partial charge in [0.05, 0.1) is 0 Å². The minimum absolute atomic E-state index is 0.556. The summed E-state index contributed by atoms with van der Waals surface area (Å²) < 4.78 is 0. The van der Waals surface area contributed by atoms with Gasteiger partial charge >= 0.3 is 35.6 Å². The van der Waals surface area contributed by atoms with Gasteiger partial charge in [0, 0.05) is 0 Å². The summed E-state index contributed by atoms with van der Waals surface area (Å²) in [5, 5.41) is 0. The van der Waals surface area contributed by atoms with Crippen LogP contribution in [0.25, 0.3) is 11.1 Å². The first-order valence-electron chi connectivity index (χ1n) is 4.91. The van der Waals surface area contributed by atoms with E-state index in [0.29, 0.717) is 0 Å². The van der Waals surface area contributed by atoms with Crippen LogP contribution in [-0.2, 0) is 23.5 Å². The van der Waals surface area contributed by atoms with Gasteiger partial charge in [0.2, 0.25) is 0 Å². The van der Waals surface area contributed by atoms with Crippen molar-refractivity contribution in [3.05, 3.63) is 59.7 Å². The van der Waals surface area contributed by atoms with Crippen molar-refractivity contribution in [3.63, 3.8) is 0 Å². The Balaban J connectivity index is 0.000000292. The Hall–Kier alpha value is -0.266. The van der Waals surface area contributed by atoms with Crippen molar-refractivity contribution in [2.45, 2.75) is 6.42 Å². The number of rotatable bonds is 0. The minimum Gasteiger partial charge on any atom is -0.179 e. The molecule has 3 heteroatoms. The van der Waals surface area contributed by atoms with Gasteiger partial charge in [-0.2, -0.15) is 29.8 Å². The monoisotopic (exact) mass is 283 g/mol. The average Bonchev–Trinajstić information content (AvgIpc) is 2.68. The summed E-state index contributed by atoms with van der Waals surface area (Å²) in [6, 6.07) is 18.1. The van der Waals surface area contributed by atoms with Crippen LogP contribution in [0.2, 0.25) is 0 Å². The first kappa shape index (κ1) is 12.2. The third-order valence-electron chi connectivity index (χ3n) is 2.62. The van der Waals surface area contributed by atoms with Gasteiger partial charge in [-0.1, -0.05) is 35.4 Å². The fourth-order valence-corrected chi connectivity index (χ4v) is 2.00. The summed E-state index contributed by atoms with van der Waals surface area (Å²) in [5.41, 5.74) is 5.51. The number of benzene rings is 2. The summed E-state index contributed by atoms with van der Waals surface area (Å²) in [4.78, 5) is 0. The molecule has 0 saturated heterocycles. The quantitative estimate of drug-likeness (QED) is 0.423. The Morgan fingerprint density at radius 1 is 1.00 bits per heavy atom. The van der Waals surface area contributed by atoms with E-state index < -0.39 is 17.0 Å². The molecular weight excluding hydrogens is 275 g/mol. The van der Waals surface area contributed by atoms with Crippen molar-refractivity contribution in [3.8, 4) is 11.1 Å². The fraction of sp³-hybridized carbons (Fsp3) is 0.0769. The predicted molar refractivity (Wildman–Crippen MR) is 65.2 cm³/mol. The second-order valence-corrected chi connectivity index (χ2v) is 6.05. The van der Waals surface area contributed by atoms with Crippen molar-refractivity contribution in [1.29, 1.82) is 0 Å². The molecule has 0 nitrogen and oxygen atoms in total. The predicted octanol–water partition coefficient (Wildman–Crippen LogP) is 4.43. The van der Waals surface area contributed by atoms with Crippen LogP contribution in [0.3, 0.4) is 0 Å². The van der Waals surface area contributed by atoms with Gasteiger partial charge in [-0.05, 0) is 6.42 Å². The van der Waals surface area contributed by atoms with E-state index >= 15 is 0 Å². The zero-order chi connectivity index (χ0) is 11.4. The zero-order valence-corrected chi connectivity index (χ0v) is 11.6. The molecule has 0 radical (unpaired) electrons. The van der Waals surface area contributed by atoms with Crippen LogP contribution in [-0.4, -0.2) is 0 Å². The Morgan fingerprint density at radius 3 is 2.50 bits per heavy atom. The molecule has 0 spiro atoms. The summed E-state index contributed by atoms with van der Waals surface area (Å²) in [6.45, 7) is 0. The molecule has 0 aromatic heterocycles. The number of hydrogen-bond donors (Lipinski definition) is 0. The smallest absolute Gasteiger partial charge is 0.0253 e. The Bertz CT molecular complexity index is 439. The molecule has 0 heterocycles. The van der Waals surface area contributed by atoms with E-state index in [1.165, 1.54) is 22.3 Å². The standard InChI is InChI=1S/C13H9.2ClH.Ti/c1-3-7-12-10(5-1)9-11-6-2-4-8-13(11)12;;;/h1-5,7-8H,9H2;2*1H;/q-1;;;+2/p-2. The Morgan fingerprint density at radius 2 is 1.69 bits per heavy atom. The molecule has 2 aromatic rings. The molecule has 1 aliphatic rings.